The number of anilines is 1. The van der Waals surface area contributed by atoms with Crippen LogP contribution >= 0.6 is 0 Å². The number of hydrogen-bond donors (Lipinski definition) is 2. The molecule has 30 heavy (non-hydrogen) atoms. The molecule has 158 valence electrons. The van der Waals surface area contributed by atoms with E-state index >= 15 is 0 Å². The van der Waals surface area contributed by atoms with Gasteiger partial charge in [-0.3, -0.25) is 14.7 Å². The van der Waals surface area contributed by atoms with Crippen LogP contribution in [0.4, 0.5) is 5.82 Å². The second kappa shape index (κ2) is 8.85. The second-order valence-corrected chi connectivity index (χ2v) is 7.82. The van der Waals surface area contributed by atoms with E-state index in [0.717, 1.165) is 74.1 Å². The number of hydrogen-bond acceptors (Lipinski definition) is 6. The van der Waals surface area contributed by atoms with Gasteiger partial charge in [-0.25, -0.2) is 0 Å². The second-order valence-electron chi connectivity index (χ2n) is 7.82. The highest BCUT2D eigenvalue weighted by Gasteiger charge is 2.18. The van der Waals surface area contributed by atoms with Crippen LogP contribution in [-0.2, 0) is 17.7 Å². The Kier molecular flexibility index (Phi) is 6.01. The lowest BCUT2D eigenvalue weighted by Gasteiger charge is -2.26. The third-order valence-corrected chi connectivity index (χ3v) is 5.78. The Bertz CT molecular complexity index is 1050. The zero-order chi connectivity index (χ0) is 21.1. The number of aryl methyl sites for hydroxylation is 2. The van der Waals surface area contributed by atoms with Gasteiger partial charge in [-0.15, -0.1) is 0 Å². The Morgan fingerprint density at radius 3 is 2.80 bits per heavy atom. The van der Waals surface area contributed by atoms with Crippen LogP contribution in [-0.4, -0.2) is 58.7 Å². The molecule has 7 nitrogen and oxygen atoms in total. The van der Waals surface area contributed by atoms with Crippen LogP contribution in [0.3, 0.4) is 0 Å². The van der Waals surface area contributed by atoms with Crippen LogP contribution in [0.15, 0.2) is 30.3 Å². The third-order valence-electron chi connectivity index (χ3n) is 5.78. The third kappa shape index (κ3) is 4.17. The highest BCUT2D eigenvalue weighted by molar-refractivity contribution is 5.93. The molecule has 2 aromatic heterocycles. The van der Waals surface area contributed by atoms with E-state index in [4.69, 9.17) is 10.5 Å². The zero-order valence-electron chi connectivity index (χ0n) is 17.3. The zero-order valence-corrected chi connectivity index (χ0v) is 17.3. The topological polar surface area (TPSA) is 93.6 Å². The molecule has 0 aliphatic carbocycles. The molecule has 7 heteroatoms. The van der Waals surface area contributed by atoms with Gasteiger partial charge >= 0.3 is 0 Å². The number of aromatic nitrogens is 2. The summed E-state index contributed by atoms with van der Waals surface area (Å²) in [5.74, 6) is 0.806. The summed E-state index contributed by atoms with van der Waals surface area (Å²) in [7, 11) is 0. The fourth-order valence-corrected chi connectivity index (χ4v) is 4.14. The molecule has 3 heterocycles. The van der Waals surface area contributed by atoms with E-state index in [2.05, 4.69) is 9.88 Å². The molecule has 0 atom stereocenters. The average Bonchev–Trinajstić information content (AvgIpc) is 3.02. The summed E-state index contributed by atoms with van der Waals surface area (Å²) in [6, 6.07) is 9.08. The van der Waals surface area contributed by atoms with Gasteiger partial charge in [-0.1, -0.05) is 12.1 Å². The van der Waals surface area contributed by atoms with Gasteiger partial charge < -0.3 is 20.1 Å². The number of nitrogens with two attached hydrogens (primary N) is 1. The van der Waals surface area contributed by atoms with E-state index in [9.17, 15) is 9.90 Å². The maximum absolute atomic E-state index is 11.3. The van der Waals surface area contributed by atoms with Crippen molar-refractivity contribution in [1.29, 1.82) is 0 Å². The van der Waals surface area contributed by atoms with Gasteiger partial charge in [0.1, 0.15) is 23.5 Å². The molecule has 1 aliphatic rings. The van der Waals surface area contributed by atoms with E-state index in [1.807, 2.05) is 29.7 Å². The summed E-state index contributed by atoms with van der Waals surface area (Å²) in [5.41, 5.74) is 10.6. The SMILES string of the molecule is Cc1ccc(O)c(Cn2c(N)c(CCCN3CCOCC3)c3ccc(C=O)cc32)n1. The fourth-order valence-electron chi connectivity index (χ4n) is 4.14. The number of pyridine rings is 1. The number of morpholine rings is 1. The first-order valence-corrected chi connectivity index (χ1v) is 10.4. The fraction of sp³-hybridized carbons (Fsp3) is 0.391. The number of nitrogens with zero attached hydrogens (tertiary/aromatic N) is 3. The Labute approximate surface area is 176 Å². The Morgan fingerprint density at radius 1 is 1.23 bits per heavy atom. The van der Waals surface area contributed by atoms with E-state index in [1.165, 1.54) is 0 Å². The normalized spacial score (nSPS) is 15.0. The molecule has 1 fully saturated rings. The number of carbonyl (C=O) groups excluding carboxylic acids is 1. The summed E-state index contributed by atoms with van der Waals surface area (Å²) >= 11 is 0. The van der Waals surface area contributed by atoms with Crippen LogP contribution in [0.5, 0.6) is 5.75 Å². The van der Waals surface area contributed by atoms with Gasteiger partial charge in [0.15, 0.2) is 0 Å². The molecule has 0 unspecified atom stereocenters. The predicted molar refractivity (Wildman–Crippen MR) is 117 cm³/mol. The van der Waals surface area contributed by atoms with E-state index in [-0.39, 0.29) is 5.75 Å². The maximum Gasteiger partial charge on any atom is 0.150 e. The minimum absolute atomic E-state index is 0.141. The summed E-state index contributed by atoms with van der Waals surface area (Å²) in [4.78, 5) is 18.2. The molecule has 0 radical (unpaired) electrons. The van der Waals surface area contributed by atoms with Crippen molar-refractivity contribution in [3.8, 4) is 5.75 Å². The van der Waals surface area contributed by atoms with Gasteiger partial charge in [0.2, 0.25) is 0 Å². The Balaban J connectivity index is 1.65. The minimum atomic E-state index is 0.141. The average molecular weight is 409 g/mol. The smallest absolute Gasteiger partial charge is 0.150 e. The standard InChI is InChI=1S/C23H28N4O3/c1-16-4-7-22(29)20(25-16)14-27-21-13-17(15-28)5-6-18(21)19(23(27)24)3-2-8-26-9-11-30-12-10-26/h4-7,13,15,29H,2-3,8-12,14,24H2,1H3. The molecular formula is C23H28N4O3. The summed E-state index contributed by atoms with van der Waals surface area (Å²) in [6.07, 6.45) is 2.68. The highest BCUT2D eigenvalue weighted by atomic mass is 16.5. The van der Waals surface area contributed by atoms with Crippen molar-refractivity contribution in [3.63, 3.8) is 0 Å². The van der Waals surface area contributed by atoms with E-state index in [0.29, 0.717) is 23.6 Å². The van der Waals surface area contributed by atoms with E-state index in [1.54, 1.807) is 12.1 Å². The van der Waals surface area contributed by atoms with Crippen LogP contribution < -0.4 is 5.73 Å². The van der Waals surface area contributed by atoms with Crippen molar-refractivity contribution in [1.82, 2.24) is 14.5 Å². The van der Waals surface area contributed by atoms with Gasteiger partial charge in [0.25, 0.3) is 0 Å². The summed E-state index contributed by atoms with van der Waals surface area (Å²) in [6.45, 7) is 6.77. The van der Waals surface area contributed by atoms with Crippen molar-refractivity contribution in [2.45, 2.75) is 26.3 Å². The first kappa shape index (κ1) is 20.4. The van der Waals surface area contributed by atoms with Crippen molar-refractivity contribution in [2.75, 3.05) is 38.6 Å². The molecular weight excluding hydrogens is 380 g/mol. The quantitative estimate of drug-likeness (QED) is 0.584. The first-order valence-electron chi connectivity index (χ1n) is 10.4. The van der Waals surface area contributed by atoms with Gasteiger partial charge in [0, 0.05) is 35.3 Å². The van der Waals surface area contributed by atoms with Crippen LogP contribution in [0.25, 0.3) is 10.9 Å². The molecule has 1 aliphatic heterocycles. The lowest BCUT2D eigenvalue weighted by Crippen LogP contribution is -2.36. The van der Waals surface area contributed by atoms with E-state index < -0.39 is 0 Å². The lowest BCUT2D eigenvalue weighted by molar-refractivity contribution is 0.0375. The molecule has 0 bridgehead atoms. The Hall–Kier alpha value is -2.90. The molecule has 4 rings (SSSR count). The number of benzene rings is 1. The summed E-state index contributed by atoms with van der Waals surface area (Å²) < 4.78 is 7.37. The number of aldehydes is 1. The number of aromatic hydroxyl groups is 1. The minimum Gasteiger partial charge on any atom is -0.506 e. The summed E-state index contributed by atoms with van der Waals surface area (Å²) in [5, 5.41) is 11.3. The predicted octanol–water partition coefficient (Wildman–Crippen LogP) is 2.76. The molecule has 3 N–H and O–H groups in total. The van der Waals surface area contributed by atoms with Crippen molar-refractivity contribution >= 4 is 23.0 Å². The van der Waals surface area contributed by atoms with Gasteiger partial charge in [-0.05, 0) is 44.5 Å². The number of rotatable bonds is 7. The van der Waals surface area contributed by atoms with Crippen molar-refractivity contribution in [3.05, 3.63) is 52.8 Å². The van der Waals surface area contributed by atoms with Gasteiger partial charge in [0.05, 0.1) is 25.3 Å². The van der Waals surface area contributed by atoms with Crippen LogP contribution in [0, 0.1) is 6.92 Å². The monoisotopic (exact) mass is 408 g/mol. The van der Waals surface area contributed by atoms with Crippen molar-refractivity contribution in [2.24, 2.45) is 0 Å². The molecule has 1 aromatic carbocycles. The first-order chi connectivity index (χ1) is 14.6. The van der Waals surface area contributed by atoms with Crippen LogP contribution in [0.2, 0.25) is 0 Å². The Morgan fingerprint density at radius 2 is 2.03 bits per heavy atom. The number of fused-ring (bicyclic) bond motifs is 1. The molecule has 0 saturated carbocycles. The van der Waals surface area contributed by atoms with Gasteiger partial charge in [-0.2, -0.15) is 0 Å². The molecule has 1 saturated heterocycles. The van der Waals surface area contributed by atoms with Crippen LogP contribution in [0.1, 0.15) is 33.7 Å². The number of nitrogen functional groups attached to an aromatic ring is 1. The highest BCUT2D eigenvalue weighted by Crippen LogP contribution is 2.32. The molecule has 0 spiro atoms. The lowest BCUT2D eigenvalue weighted by atomic mass is 10.1. The maximum atomic E-state index is 11.3. The largest absolute Gasteiger partial charge is 0.506 e. The number of carbonyl (C=O) groups is 1. The molecule has 0 amide bonds. The van der Waals surface area contributed by atoms with Crippen molar-refractivity contribution < 1.29 is 14.6 Å². The number of ether oxygens (including phenoxy) is 1. The molecule has 3 aromatic rings.